The molecule has 0 radical (unpaired) electrons. The highest BCUT2D eigenvalue weighted by atomic mass is 32.2. The summed E-state index contributed by atoms with van der Waals surface area (Å²) in [5, 5.41) is 4.45. The molecular formula is C19H20N4O3S2. The largest absolute Gasteiger partial charge is 0.323 e. The maximum atomic E-state index is 12.3. The van der Waals surface area contributed by atoms with E-state index >= 15 is 0 Å². The van der Waals surface area contributed by atoms with Crippen LogP contribution in [0, 0.1) is 0 Å². The summed E-state index contributed by atoms with van der Waals surface area (Å²) in [5.74, 6) is 0.372. The van der Waals surface area contributed by atoms with Crippen molar-refractivity contribution in [3.63, 3.8) is 0 Å². The number of hydrogen-bond donors (Lipinski definition) is 1. The Morgan fingerprint density at radius 3 is 2.46 bits per heavy atom. The van der Waals surface area contributed by atoms with Crippen molar-refractivity contribution in [3.05, 3.63) is 60.2 Å². The molecular weight excluding hydrogens is 396 g/mol. The predicted octanol–water partition coefficient (Wildman–Crippen LogP) is 3.24. The molecule has 1 aromatic carbocycles. The molecule has 0 atom stereocenters. The zero-order valence-electron chi connectivity index (χ0n) is 15.3. The van der Waals surface area contributed by atoms with Gasteiger partial charge in [0.2, 0.25) is 5.91 Å². The van der Waals surface area contributed by atoms with Crippen molar-refractivity contribution >= 4 is 33.0 Å². The predicted molar refractivity (Wildman–Crippen MR) is 109 cm³/mol. The molecule has 0 bridgehead atoms. The van der Waals surface area contributed by atoms with Crippen molar-refractivity contribution < 1.29 is 13.2 Å². The molecule has 0 spiro atoms. The fraction of sp³-hybridized carbons (Fsp3) is 0.211. The van der Waals surface area contributed by atoms with Crippen LogP contribution in [0.25, 0.3) is 11.4 Å². The number of carbonyl (C=O) groups is 1. The molecule has 28 heavy (non-hydrogen) atoms. The summed E-state index contributed by atoms with van der Waals surface area (Å²) < 4.78 is 26.2. The summed E-state index contributed by atoms with van der Waals surface area (Å²) >= 11 is 1.18. The number of thiophene rings is 1. The number of nitrogens with zero attached hydrogens (tertiary/aromatic N) is 3. The second-order valence-electron chi connectivity index (χ2n) is 6.07. The summed E-state index contributed by atoms with van der Waals surface area (Å²) in [6.07, 6.45) is 3.72. The van der Waals surface area contributed by atoms with E-state index in [0.29, 0.717) is 22.1 Å². The van der Waals surface area contributed by atoms with Crippen LogP contribution in [0.1, 0.15) is 12.8 Å². The standard InChI is InChI=1S/C19H20N4O3S2/c1-23(28(25,26)18-10-6-12-27-18)11-5-9-17(24)22-16-13-20-19(21-14-16)15-7-3-2-4-8-15/h2-4,6-8,10,12-14H,5,9,11H2,1H3,(H,22,24). The molecule has 2 aromatic heterocycles. The lowest BCUT2D eigenvalue weighted by Crippen LogP contribution is -2.28. The quantitative estimate of drug-likeness (QED) is 0.609. The van der Waals surface area contributed by atoms with E-state index in [1.807, 2.05) is 30.3 Å². The van der Waals surface area contributed by atoms with Gasteiger partial charge in [-0.2, -0.15) is 0 Å². The molecule has 0 saturated heterocycles. The van der Waals surface area contributed by atoms with Crippen LogP contribution in [0.3, 0.4) is 0 Å². The Bertz CT molecular complexity index is 1010. The summed E-state index contributed by atoms with van der Waals surface area (Å²) in [7, 11) is -1.97. The van der Waals surface area contributed by atoms with Gasteiger partial charge < -0.3 is 5.32 Å². The normalized spacial score (nSPS) is 11.5. The highest BCUT2D eigenvalue weighted by molar-refractivity contribution is 7.91. The zero-order chi connectivity index (χ0) is 20.0. The van der Waals surface area contributed by atoms with Crippen molar-refractivity contribution in [2.24, 2.45) is 0 Å². The number of amides is 1. The van der Waals surface area contributed by atoms with Crippen LogP contribution in [0.15, 0.2) is 64.4 Å². The molecule has 0 saturated carbocycles. The maximum Gasteiger partial charge on any atom is 0.252 e. The molecule has 3 rings (SSSR count). The van der Waals surface area contributed by atoms with Crippen LogP contribution in [0.4, 0.5) is 5.69 Å². The van der Waals surface area contributed by atoms with Crippen LogP contribution in [-0.4, -0.2) is 42.2 Å². The molecule has 0 unspecified atom stereocenters. The smallest absolute Gasteiger partial charge is 0.252 e. The Morgan fingerprint density at radius 1 is 1.11 bits per heavy atom. The summed E-state index contributed by atoms with van der Waals surface area (Å²) in [6, 6.07) is 12.8. The van der Waals surface area contributed by atoms with Gasteiger partial charge in [0.15, 0.2) is 5.82 Å². The van der Waals surface area contributed by atoms with Crippen molar-refractivity contribution in [1.82, 2.24) is 14.3 Å². The van der Waals surface area contributed by atoms with Gasteiger partial charge >= 0.3 is 0 Å². The van der Waals surface area contributed by atoms with Crippen LogP contribution >= 0.6 is 11.3 Å². The molecule has 7 nitrogen and oxygen atoms in total. The number of hydrogen-bond acceptors (Lipinski definition) is 6. The lowest BCUT2D eigenvalue weighted by molar-refractivity contribution is -0.116. The molecule has 1 amide bonds. The third kappa shape index (κ3) is 5.00. The first-order valence-corrected chi connectivity index (χ1v) is 11.0. The molecule has 0 fully saturated rings. The Morgan fingerprint density at radius 2 is 1.82 bits per heavy atom. The molecule has 0 aliphatic heterocycles. The number of benzene rings is 1. The van der Waals surface area contributed by atoms with Crippen molar-refractivity contribution in [2.75, 3.05) is 18.9 Å². The van der Waals surface area contributed by atoms with E-state index in [4.69, 9.17) is 0 Å². The van der Waals surface area contributed by atoms with Crippen molar-refractivity contribution in [1.29, 1.82) is 0 Å². The highest BCUT2D eigenvalue weighted by Gasteiger charge is 2.21. The lowest BCUT2D eigenvalue weighted by atomic mass is 10.2. The van der Waals surface area contributed by atoms with Crippen LogP contribution in [0.2, 0.25) is 0 Å². The van der Waals surface area contributed by atoms with Gasteiger partial charge in [0.25, 0.3) is 10.0 Å². The van der Waals surface area contributed by atoms with Gasteiger partial charge in [-0.1, -0.05) is 36.4 Å². The van der Waals surface area contributed by atoms with Gasteiger partial charge in [-0.05, 0) is 17.9 Å². The Kier molecular flexibility index (Phi) is 6.50. The van der Waals surface area contributed by atoms with Gasteiger partial charge in [0.1, 0.15) is 4.21 Å². The topological polar surface area (TPSA) is 92.3 Å². The van der Waals surface area contributed by atoms with E-state index in [9.17, 15) is 13.2 Å². The highest BCUT2D eigenvalue weighted by Crippen LogP contribution is 2.20. The zero-order valence-corrected chi connectivity index (χ0v) is 16.9. The first-order valence-electron chi connectivity index (χ1n) is 8.64. The summed E-state index contributed by atoms with van der Waals surface area (Å²) in [4.78, 5) is 20.6. The molecule has 0 aliphatic rings. The number of sulfonamides is 1. The van der Waals surface area contributed by atoms with Crippen molar-refractivity contribution in [2.45, 2.75) is 17.1 Å². The second kappa shape index (κ2) is 9.05. The number of rotatable bonds is 8. The third-order valence-electron chi connectivity index (χ3n) is 4.00. The average molecular weight is 417 g/mol. The van der Waals surface area contributed by atoms with Crippen LogP contribution < -0.4 is 5.32 Å². The van der Waals surface area contributed by atoms with Crippen LogP contribution in [-0.2, 0) is 14.8 Å². The van der Waals surface area contributed by atoms with Crippen LogP contribution in [0.5, 0.6) is 0 Å². The van der Waals surface area contributed by atoms with E-state index in [1.165, 1.54) is 22.7 Å². The minimum absolute atomic E-state index is 0.199. The number of aromatic nitrogens is 2. The Balaban J connectivity index is 1.48. The number of carbonyl (C=O) groups excluding carboxylic acids is 1. The van der Waals surface area contributed by atoms with E-state index in [-0.39, 0.29) is 18.9 Å². The van der Waals surface area contributed by atoms with Crippen molar-refractivity contribution in [3.8, 4) is 11.4 Å². The Labute approximate surface area is 168 Å². The SMILES string of the molecule is CN(CCCC(=O)Nc1cnc(-c2ccccc2)nc1)S(=O)(=O)c1cccs1. The molecule has 9 heteroatoms. The number of anilines is 1. The molecule has 146 valence electrons. The minimum Gasteiger partial charge on any atom is -0.323 e. The average Bonchev–Trinajstić information content (AvgIpc) is 3.25. The monoisotopic (exact) mass is 416 g/mol. The maximum absolute atomic E-state index is 12.3. The third-order valence-corrected chi connectivity index (χ3v) is 7.23. The van der Waals surface area contributed by atoms with E-state index < -0.39 is 10.0 Å². The molecule has 3 aromatic rings. The second-order valence-corrected chi connectivity index (χ2v) is 9.29. The molecule has 1 N–H and O–H groups in total. The number of nitrogens with one attached hydrogen (secondary N) is 1. The Hall–Kier alpha value is -2.62. The minimum atomic E-state index is -3.48. The first kappa shape index (κ1) is 20.1. The fourth-order valence-corrected chi connectivity index (χ4v) is 4.91. The van der Waals surface area contributed by atoms with Gasteiger partial charge in [0.05, 0.1) is 18.1 Å². The van der Waals surface area contributed by atoms with Gasteiger partial charge in [-0.15, -0.1) is 11.3 Å². The lowest BCUT2D eigenvalue weighted by Gasteiger charge is -2.15. The van der Waals surface area contributed by atoms with E-state index in [0.717, 1.165) is 5.56 Å². The summed E-state index contributed by atoms with van der Waals surface area (Å²) in [6.45, 7) is 0.261. The molecule has 2 heterocycles. The van der Waals surface area contributed by atoms with Gasteiger partial charge in [-0.25, -0.2) is 22.7 Å². The first-order chi connectivity index (χ1) is 13.5. The van der Waals surface area contributed by atoms with Gasteiger partial charge in [0, 0.05) is 25.6 Å². The van der Waals surface area contributed by atoms with E-state index in [2.05, 4.69) is 15.3 Å². The molecule has 0 aliphatic carbocycles. The summed E-state index contributed by atoms with van der Waals surface area (Å²) in [5.41, 5.74) is 1.40. The van der Waals surface area contributed by atoms with Gasteiger partial charge in [-0.3, -0.25) is 4.79 Å². The fourth-order valence-electron chi connectivity index (χ4n) is 2.50. The van der Waals surface area contributed by atoms with E-state index in [1.54, 1.807) is 29.9 Å².